The van der Waals surface area contributed by atoms with Crippen molar-refractivity contribution >= 4 is 17.4 Å². The van der Waals surface area contributed by atoms with Gasteiger partial charge in [0.2, 0.25) is 0 Å². The molecule has 24 heavy (non-hydrogen) atoms. The molecule has 0 unspecified atom stereocenters. The quantitative estimate of drug-likeness (QED) is 0.829. The van der Waals surface area contributed by atoms with Crippen molar-refractivity contribution in [3.63, 3.8) is 0 Å². The van der Waals surface area contributed by atoms with Crippen molar-refractivity contribution in [2.24, 2.45) is 7.05 Å². The van der Waals surface area contributed by atoms with Crippen LogP contribution < -0.4 is 5.69 Å². The van der Waals surface area contributed by atoms with E-state index >= 15 is 0 Å². The van der Waals surface area contributed by atoms with E-state index in [0.29, 0.717) is 29.7 Å². The van der Waals surface area contributed by atoms with Gasteiger partial charge in [-0.2, -0.15) is 5.10 Å². The Kier molecular flexibility index (Phi) is 3.75. The summed E-state index contributed by atoms with van der Waals surface area (Å²) in [6.45, 7) is 3.16. The molecular weight excluding hydrogens is 328 g/mol. The van der Waals surface area contributed by atoms with E-state index < -0.39 is 0 Å². The molecule has 4 rings (SSSR count). The molecule has 8 nitrogen and oxygen atoms in total. The maximum atomic E-state index is 12.5. The standard InChI is InChI=1S/C15H20N6O2S/c1-9-12(24-18-16-9)14(22)20-7-5-10(6-8-20)13-17-19(2)15(23)21(13)11-3-4-11/h10-11H,3-8H2,1-2H3. The lowest BCUT2D eigenvalue weighted by molar-refractivity contribution is 0.0714. The van der Waals surface area contributed by atoms with Gasteiger partial charge >= 0.3 is 5.69 Å². The molecule has 3 heterocycles. The average Bonchev–Trinajstić information content (AvgIpc) is 3.26. The van der Waals surface area contributed by atoms with Gasteiger partial charge in [-0.15, -0.1) is 5.10 Å². The molecule has 2 aromatic heterocycles. The number of carbonyl (C=O) groups excluding carboxylic acids is 1. The number of hydrogen-bond acceptors (Lipinski definition) is 6. The van der Waals surface area contributed by atoms with Gasteiger partial charge in [-0.3, -0.25) is 9.36 Å². The monoisotopic (exact) mass is 348 g/mol. The number of piperidine rings is 1. The first-order valence-electron chi connectivity index (χ1n) is 8.30. The minimum Gasteiger partial charge on any atom is -0.338 e. The zero-order valence-corrected chi connectivity index (χ0v) is 14.6. The van der Waals surface area contributed by atoms with Crippen LogP contribution in [0.25, 0.3) is 0 Å². The summed E-state index contributed by atoms with van der Waals surface area (Å²) in [4.78, 5) is 27.3. The average molecular weight is 348 g/mol. The summed E-state index contributed by atoms with van der Waals surface area (Å²) in [5.74, 6) is 1.15. The number of rotatable bonds is 3. The second-order valence-corrected chi connectivity index (χ2v) is 7.37. The molecule has 0 atom stereocenters. The normalized spacial score (nSPS) is 19.0. The van der Waals surface area contributed by atoms with Crippen LogP contribution >= 0.6 is 11.5 Å². The molecule has 2 fully saturated rings. The summed E-state index contributed by atoms with van der Waals surface area (Å²) in [6.07, 6.45) is 3.79. The summed E-state index contributed by atoms with van der Waals surface area (Å²) in [6, 6.07) is 0.326. The molecule has 0 spiro atoms. The number of aromatic nitrogens is 5. The number of carbonyl (C=O) groups is 1. The molecule has 2 aromatic rings. The van der Waals surface area contributed by atoms with Crippen LogP contribution in [0, 0.1) is 6.92 Å². The van der Waals surface area contributed by atoms with Crippen molar-refractivity contribution in [1.82, 2.24) is 28.8 Å². The van der Waals surface area contributed by atoms with Gasteiger partial charge in [0.25, 0.3) is 5.91 Å². The third-order valence-corrected chi connectivity index (χ3v) is 5.70. The van der Waals surface area contributed by atoms with Crippen LogP contribution in [0.5, 0.6) is 0 Å². The van der Waals surface area contributed by atoms with E-state index in [-0.39, 0.29) is 17.5 Å². The molecule has 128 valence electrons. The first kappa shape index (κ1) is 15.5. The molecule has 9 heteroatoms. The van der Waals surface area contributed by atoms with E-state index in [1.54, 1.807) is 7.05 Å². The van der Waals surface area contributed by atoms with Gasteiger partial charge in [0, 0.05) is 32.1 Å². The first-order chi connectivity index (χ1) is 11.6. The summed E-state index contributed by atoms with van der Waals surface area (Å²) in [5.41, 5.74) is 0.678. The summed E-state index contributed by atoms with van der Waals surface area (Å²) in [5, 5.41) is 8.39. The summed E-state index contributed by atoms with van der Waals surface area (Å²) < 4.78 is 7.16. The maximum Gasteiger partial charge on any atom is 0.345 e. The predicted molar refractivity (Wildman–Crippen MR) is 88.3 cm³/mol. The van der Waals surface area contributed by atoms with E-state index in [4.69, 9.17) is 0 Å². The van der Waals surface area contributed by atoms with E-state index in [9.17, 15) is 9.59 Å². The number of likely N-dealkylation sites (tertiary alicyclic amines) is 1. The Bertz CT molecular complexity index is 825. The van der Waals surface area contributed by atoms with Crippen LogP contribution in [0.3, 0.4) is 0 Å². The number of aryl methyl sites for hydroxylation is 2. The Labute approximate surface area is 143 Å². The van der Waals surface area contributed by atoms with Crippen molar-refractivity contribution in [2.75, 3.05) is 13.1 Å². The van der Waals surface area contributed by atoms with Gasteiger partial charge in [0.05, 0.1) is 5.69 Å². The smallest absolute Gasteiger partial charge is 0.338 e. The molecule has 0 N–H and O–H groups in total. The molecule has 0 aromatic carbocycles. The number of amides is 1. The zero-order valence-electron chi connectivity index (χ0n) is 13.8. The first-order valence-corrected chi connectivity index (χ1v) is 9.07. The fourth-order valence-corrected chi connectivity index (χ4v) is 3.99. The van der Waals surface area contributed by atoms with Crippen LogP contribution in [0.1, 0.15) is 58.8 Å². The van der Waals surface area contributed by atoms with Crippen molar-refractivity contribution < 1.29 is 4.79 Å². The van der Waals surface area contributed by atoms with Crippen molar-refractivity contribution in [2.45, 2.75) is 44.6 Å². The van der Waals surface area contributed by atoms with Crippen LogP contribution in [0.4, 0.5) is 0 Å². The highest BCUT2D eigenvalue weighted by molar-refractivity contribution is 7.07. The Morgan fingerprint density at radius 1 is 1.21 bits per heavy atom. The molecule has 2 aliphatic rings. The van der Waals surface area contributed by atoms with Gasteiger partial charge in [-0.1, -0.05) is 4.49 Å². The van der Waals surface area contributed by atoms with Crippen molar-refractivity contribution in [3.8, 4) is 0 Å². The molecular formula is C15H20N6O2S. The van der Waals surface area contributed by atoms with Crippen LogP contribution in [-0.2, 0) is 7.05 Å². The van der Waals surface area contributed by atoms with Gasteiger partial charge in [0.15, 0.2) is 0 Å². The third-order valence-electron chi connectivity index (χ3n) is 4.89. The molecule has 0 radical (unpaired) electrons. The number of hydrogen-bond donors (Lipinski definition) is 0. The van der Waals surface area contributed by atoms with E-state index in [0.717, 1.165) is 43.0 Å². The lowest BCUT2D eigenvalue weighted by Crippen LogP contribution is -2.38. The second-order valence-electron chi connectivity index (χ2n) is 6.62. The highest BCUT2D eigenvalue weighted by Crippen LogP contribution is 2.37. The Morgan fingerprint density at radius 3 is 2.50 bits per heavy atom. The van der Waals surface area contributed by atoms with Gasteiger partial charge in [-0.05, 0) is 44.1 Å². The van der Waals surface area contributed by atoms with E-state index in [1.807, 2.05) is 16.4 Å². The van der Waals surface area contributed by atoms with E-state index in [2.05, 4.69) is 14.7 Å². The van der Waals surface area contributed by atoms with Crippen LogP contribution in [0.2, 0.25) is 0 Å². The van der Waals surface area contributed by atoms with Crippen molar-refractivity contribution in [1.29, 1.82) is 0 Å². The van der Waals surface area contributed by atoms with Crippen LogP contribution in [-0.4, -0.2) is 47.8 Å². The van der Waals surface area contributed by atoms with Gasteiger partial charge in [0.1, 0.15) is 10.7 Å². The predicted octanol–water partition coefficient (Wildman–Crippen LogP) is 1.10. The molecule has 1 amide bonds. The van der Waals surface area contributed by atoms with Crippen molar-refractivity contribution in [3.05, 3.63) is 26.9 Å². The van der Waals surface area contributed by atoms with Gasteiger partial charge in [-0.25, -0.2) is 9.48 Å². The van der Waals surface area contributed by atoms with Gasteiger partial charge < -0.3 is 4.90 Å². The van der Waals surface area contributed by atoms with E-state index in [1.165, 1.54) is 4.68 Å². The highest BCUT2D eigenvalue weighted by Gasteiger charge is 2.34. The second kappa shape index (κ2) is 5.80. The largest absolute Gasteiger partial charge is 0.345 e. The Balaban J connectivity index is 1.49. The Hall–Kier alpha value is -2.03. The third kappa shape index (κ3) is 2.56. The minimum absolute atomic E-state index is 0.0153. The number of nitrogens with zero attached hydrogens (tertiary/aromatic N) is 6. The molecule has 1 saturated carbocycles. The minimum atomic E-state index is -0.0163. The molecule has 1 aliphatic heterocycles. The lowest BCUT2D eigenvalue weighted by atomic mass is 9.95. The highest BCUT2D eigenvalue weighted by atomic mass is 32.1. The fourth-order valence-electron chi connectivity index (χ4n) is 3.36. The maximum absolute atomic E-state index is 12.5. The molecule has 0 bridgehead atoms. The Morgan fingerprint density at radius 2 is 1.92 bits per heavy atom. The summed E-state index contributed by atoms with van der Waals surface area (Å²) >= 11 is 1.15. The fraction of sp³-hybridized carbons (Fsp3) is 0.667. The van der Waals surface area contributed by atoms with Crippen LogP contribution in [0.15, 0.2) is 4.79 Å². The zero-order chi connectivity index (χ0) is 16.8. The molecule has 1 aliphatic carbocycles. The topological polar surface area (TPSA) is 85.9 Å². The lowest BCUT2D eigenvalue weighted by Gasteiger charge is -2.31. The molecule has 1 saturated heterocycles. The SMILES string of the molecule is Cc1nnsc1C(=O)N1CCC(c2nn(C)c(=O)n2C2CC2)CC1. The summed E-state index contributed by atoms with van der Waals surface area (Å²) in [7, 11) is 1.71.